The van der Waals surface area contributed by atoms with E-state index in [-0.39, 0.29) is 6.61 Å². The van der Waals surface area contributed by atoms with E-state index in [4.69, 9.17) is 9.84 Å². The summed E-state index contributed by atoms with van der Waals surface area (Å²) in [5.41, 5.74) is 6.93. The molecule has 1 aromatic heterocycles. The molecular weight excluding hydrogens is 276 g/mol. The lowest BCUT2D eigenvalue weighted by Crippen LogP contribution is -2.01. The van der Waals surface area contributed by atoms with Crippen LogP contribution in [0.15, 0.2) is 48.5 Å². The van der Waals surface area contributed by atoms with Crippen molar-refractivity contribution in [2.45, 2.75) is 6.42 Å². The molecule has 0 fully saturated rings. The van der Waals surface area contributed by atoms with Crippen molar-refractivity contribution in [1.82, 2.24) is 10.2 Å². The van der Waals surface area contributed by atoms with Crippen LogP contribution in [0.25, 0.3) is 22.5 Å². The third-order valence-electron chi connectivity index (χ3n) is 3.99. The zero-order valence-electron chi connectivity index (χ0n) is 12.0. The van der Waals surface area contributed by atoms with Crippen molar-refractivity contribution >= 4 is 0 Å². The number of hydrogen-bond acceptors (Lipinski definition) is 3. The van der Waals surface area contributed by atoms with Crippen LogP contribution in [0.5, 0.6) is 5.75 Å². The van der Waals surface area contributed by atoms with Crippen LogP contribution >= 0.6 is 0 Å². The minimum absolute atomic E-state index is 0.0112. The predicted molar refractivity (Wildman–Crippen MR) is 84.8 cm³/mol. The van der Waals surface area contributed by atoms with Crippen LogP contribution in [-0.2, 0) is 6.42 Å². The number of rotatable bonds is 4. The van der Waals surface area contributed by atoms with E-state index < -0.39 is 0 Å². The molecule has 0 spiro atoms. The fourth-order valence-corrected chi connectivity index (χ4v) is 3.00. The number of aromatic amines is 1. The van der Waals surface area contributed by atoms with Gasteiger partial charge in [0, 0.05) is 23.1 Å². The number of nitrogens with one attached hydrogen (secondary N) is 1. The lowest BCUT2D eigenvalue weighted by molar-refractivity contribution is 0.201. The molecule has 0 aliphatic heterocycles. The summed E-state index contributed by atoms with van der Waals surface area (Å²) in [6.07, 6.45) is 0.902. The Hall–Kier alpha value is -2.59. The molecule has 0 unspecified atom stereocenters. The molecule has 110 valence electrons. The van der Waals surface area contributed by atoms with Gasteiger partial charge >= 0.3 is 0 Å². The van der Waals surface area contributed by atoms with Crippen molar-refractivity contribution in [1.29, 1.82) is 0 Å². The Morgan fingerprint density at radius 2 is 2.05 bits per heavy atom. The zero-order valence-corrected chi connectivity index (χ0v) is 12.0. The molecule has 4 rings (SSSR count). The molecule has 3 aromatic rings. The first-order valence-corrected chi connectivity index (χ1v) is 7.36. The van der Waals surface area contributed by atoms with E-state index in [0.717, 1.165) is 29.1 Å². The maximum atomic E-state index is 8.87. The van der Waals surface area contributed by atoms with E-state index in [2.05, 4.69) is 34.5 Å². The summed E-state index contributed by atoms with van der Waals surface area (Å²) >= 11 is 0. The lowest BCUT2D eigenvalue weighted by Gasteiger charge is -2.06. The highest BCUT2D eigenvalue weighted by atomic mass is 16.5. The summed E-state index contributed by atoms with van der Waals surface area (Å²) in [6, 6.07) is 16.3. The molecule has 4 heteroatoms. The normalized spacial score (nSPS) is 12.0. The SMILES string of the molecule is OCCOc1cccc(-c2n[nH]c3c2Cc2ccccc2-3)c1. The first kappa shape index (κ1) is 13.1. The van der Waals surface area contributed by atoms with Crippen LogP contribution in [-0.4, -0.2) is 28.5 Å². The summed E-state index contributed by atoms with van der Waals surface area (Å²) in [6.45, 7) is 0.310. The quantitative estimate of drug-likeness (QED) is 0.608. The van der Waals surface area contributed by atoms with Gasteiger partial charge in [0.25, 0.3) is 0 Å². The summed E-state index contributed by atoms with van der Waals surface area (Å²) in [5, 5.41) is 16.5. The second-order valence-corrected chi connectivity index (χ2v) is 5.36. The van der Waals surface area contributed by atoms with Crippen LogP contribution in [0.1, 0.15) is 11.1 Å². The van der Waals surface area contributed by atoms with E-state index >= 15 is 0 Å². The number of aliphatic hydroxyl groups excluding tert-OH is 1. The Balaban J connectivity index is 1.72. The molecule has 0 atom stereocenters. The predicted octanol–water partition coefficient (Wildman–Crippen LogP) is 3.02. The summed E-state index contributed by atoms with van der Waals surface area (Å²) < 4.78 is 5.49. The summed E-state index contributed by atoms with van der Waals surface area (Å²) in [5.74, 6) is 0.749. The van der Waals surface area contributed by atoms with Crippen molar-refractivity contribution in [3.05, 3.63) is 59.7 Å². The fraction of sp³-hybridized carbons (Fsp3) is 0.167. The topological polar surface area (TPSA) is 58.1 Å². The monoisotopic (exact) mass is 292 g/mol. The lowest BCUT2D eigenvalue weighted by atomic mass is 10.1. The highest BCUT2D eigenvalue weighted by Gasteiger charge is 2.24. The minimum Gasteiger partial charge on any atom is -0.491 e. The second kappa shape index (κ2) is 5.31. The first-order valence-electron chi connectivity index (χ1n) is 7.36. The van der Waals surface area contributed by atoms with Gasteiger partial charge in [0.2, 0.25) is 0 Å². The van der Waals surface area contributed by atoms with Crippen LogP contribution in [0.4, 0.5) is 0 Å². The highest BCUT2D eigenvalue weighted by molar-refractivity contribution is 5.81. The van der Waals surface area contributed by atoms with E-state index in [1.54, 1.807) is 0 Å². The van der Waals surface area contributed by atoms with Gasteiger partial charge in [0.05, 0.1) is 18.0 Å². The van der Waals surface area contributed by atoms with Crippen molar-refractivity contribution in [3.63, 3.8) is 0 Å². The smallest absolute Gasteiger partial charge is 0.120 e. The Kier molecular flexibility index (Phi) is 3.16. The number of aliphatic hydroxyl groups is 1. The molecule has 1 aliphatic carbocycles. The van der Waals surface area contributed by atoms with Gasteiger partial charge in [-0.25, -0.2) is 0 Å². The number of fused-ring (bicyclic) bond motifs is 3. The minimum atomic E-state index is 0.0112. The third kappa shape index (κ3) is 2.09. The average molecular weight is 292 g/mol. The molecule has 2 aromatic carbocycles. The number of nitrogens with zero attached hydrogens (tertiary/aromatic N) is 1. The second-order valence-electron chi connectivity index (χ2n) is 5.36. The zero-order chi connectivity index (χ0) is 14.9. The van der Waals surface area contributed by atoms with E-state index in [1.807, 2.05) is 24.3 Å². The van der Waals surface area contributed by atoms with Gasteiger partial charge in [-0.2, -0.15) is 5.10 Å². The number of aromatic nitrogens is 2. The molecule has 1 aliphatic rings. The Morgan fingerprint density at radius 1 is 1.14 bits per heavy atom. The highest BCUT2D eigenvalue weighted by Crippen LogP contribution is 2.40. The molecule has 4 nitrogen and oxygen atoms in total. The standard InChI is InChI=1S/C18H16N2O2/c21-8-9-22-14-6-3-5-13(10-14)17-16-11-12-4-1-2-7-15(12)18(16)20-19-17/h1-7,10,21H,8-9,11H2,(H,19,20). The number of H-pyrrole nitrogens is 1. The van der Waals surface area contributed by atoms with E-state index in [9.17, 15) is 0 Å². The number of hydrogen-bond donors (Lipinski definition) is 2. The van der Waals surface area contributed by atoms with Crippen LogP contribution < -0.4 is 4.74 Å². The van der Waals surface area contributed by atoms with Gasteiger partial charge in [-0.3, -0.25) is 5.10 Å². The Labute approximate surface area is 128 Å². The first-order chi connectivity index (χ1) is 10.9. The maximum absolute atomic E-state index is 8.87. The molecule has 0 bridgehead atoms. The van der Waals surface area contributed by atoms with Gasteiger partial charge in [0.1, 0.15) is 12.4 Å². The summed E-state index contributed by atoms with van der Waals surface area (Å²) in [4.78, 5) is 0. The molecule has 0 saturated carbocycles. The van der Waals surface area contributed by atoms with Gasteiger partial charge in [-0.1, -0.05) is 36.4 Å². The Bertz CT molecular complexity index is 823. The molecule has 0 amide bonds. The molecule has 22 heavy (non-hydrogen) atoms. The Morgan fingerprint density at radius 3 is 2.95 bits per heavy atom. The maximum Gasteiger partial charge on any atom is 0.120 e. The van der Waals surface area contributed by atoms with Crippen molar-refractivity contribution in [2.24, 2.45) is 0 Å². The third-order valence-corrected chi connectivity index (χ3v) is 3.99. The van der Waals surface area contributed by atoms with Gasteiger partial charge in [-0.05, 0) is 17.7 Å². The molecule has 0 radical (unpaired) electrons. The van der Waals surface area contributed by atoms with Gasteiger partial charge in [0.15, 0.2) is 0 Å². The van der Waals surface area contributed by atoms with Crippen LogP contribution in [0.2, 0.25) is 0 Å². The van der Waals surface area contributed by atoms with Crippen molar-refractivity contribution < 1.29 is 9.84 Å². The van der Waals surface area contributed by atoms with E-state index in [1.165, 1.54) is 16.7 Å². The molecule has 2 N–H and O–H groups in total. The molecular formula is C18H16N2O2. The largest absolute Gasteiger partial charge is 0.491 e. The van der Waals surface area contributed by atoms with E-state index in [0.29, 0.717) is 6.61 Å². The number of benzene rings is 2. The van der Waals surface area contributed by atoms with Crippen molar-refractivity contribution in [3.8, 4) is 28.3 Å². The average Bonchev–Trinajstić information content (AvgIpc) is 3.12. The van der Waals surface area contributed by atoms with Crippen LogP contribution in [0.3, 0.4) is 0 Å². The fourth-order valence-electron chi connectivity index (χ4n) is 3.00. The van der Waals surface area contributed by atoms with Crippen molar-refractivity contribution in [2.75, 3.05) is 13.2 Å². The molecule has 0 saturated heterocycles. The van der Waals surface area contributed by atoms with Crippen LogP contribution in [0, 0.1) is 0 Å². The molecule has 1 heterocycles. The number of ether oxygens (including phenoxy) is 1. The summed E-state index contributed by atoms with van der Waals surface area (Å²) in [7, 11) is 0. The van der Waals surface area contributed by atoms with Gasteiger partial charge < -0.3 is 9.84 Å². The van der Waals surface area contributed by atoms with Gasteiger partial charge in [-0.15, -0.1) is 0 Å².